The van der Waals surface area contributed by atoms with Crippen LogP contribution in [0.25, 0.3) is 10.9 Å². The lowest BCUT2D eigenvalue weighted by Crippen LogP contribution is -2.00. The van der Waals surface area contributed by atoms with Crippen LogP contribution in [0.2, 0.25) is 5.15 Å². The fourth-order valence-electron chi connectivity index (χ4n) is 2.63. The number of aromatic nitrogens is 1. The summed E-state index contributed by atoms with van der Waals surface area (Å²) >= 11 is 6.44. The number of rotatable bonds is 3. The van der Waals surface area contributed by atoms with E-state index in [-0.39, 0.29) is 0 Å². The van der Waals surface area contributed by atoms with Gasteiger partial charge in [-0.15, -0.1) is 0 Å². The van der Waals surface area contributed by atoms with Crippen LogP contribution in [0.15, 0.2) is 42.5 Å². The first-order chi connectivity index (χ1) is 10.1. The van der Waals surface area contributed by atoms with Gasteiger partial charge in [0.15, 0.2) is 6.29 Å². The molecule has 0 amide bonds. The summed E-state index contributed by atoms with van der Waals surface area (Å²) in [6.45, 7) is 4.78. The summed E-state index contributed by atoms with van der Waals surface area (Å²) < 4.78 is 2.00. The zero-order chi connectivity index (χ0) is 15.0. The molecule has 0 spiro atoms. The SMILES string of the molecule is Cc1cc2c(C=O)c(Cl)n(Cc3ccccc3)c2cc1C. The first-order valence-electron chi connectivity index (χ1n) is 6.90. The minimum atomic E-state index is 0.508. The maximum absolute atomic E-state index is 11.4. The predicted molar refractivity (Wildman–Crippen MR) is 87.4 cm³/mol. The lowest BCUT2D eigenvalue weighted by atomic mass is 10.1. The van der Waals surface area contributed by atoms with Crippen molar-refractivity contribution < 1.29 is 4.79 Å². The molecule has 2 aromatic carbocycles. The molecule has 3 aromatic rings. The van der Waals surface area contributed by atoms with Crippen molar-refractivity contribution in [3.63, 3.8) is 0 Å². The van der Waals surface area contributed by atoms with Crippen molar-refractivity contribution in [3.8, 4) is 0 Å². The first kappa shape index (κ1) is 13.9. The Morgan fingerprint density at radius 3 is 2.43 bits per heavy atom. The molecule has 0 saturated carbocycles. The quantitative estimate of drug-likeness (QED) is 0.638. The van der Waals surface area contributed by atoms with Gasteiger partial charge in [0.1, 0.15) is 5.15 Å². The summed E-state index contributed by atoms with van der Waals surface area (Å²) in [7, 11) is 0. The summed E-state index contributed by atoms with van der Waals surface area (Å²) in [5.41, 5.74) is 5.11. The highest BCUT2D eigenvalue weighted by Crippen LogP contribution is 2.31. The highest BCUT2D eigenvalue weighted by Gasteiger charge is 2.16. The van der Waals surface area contributed by atoms with Crippen molar-refractivity contribution in [2.75, 3.05) is 0 Å². The van der Waals surface area contributed by atoms with E-state index < -0.39 is 0 Å². The van der Waals surface area contributed by atoms with Gasteiger partial charge in [-0.25, -0.2) is 0 Å². The molecule has 0 aliphatic rings. The largest absolute Gasteiger partial charge is 0.327 e. The summed E-state index contributed by atoms with van der Waals surface area (Å²) in [5.74, 6) is 0. The van der Waals surface area contributed by atoms with Crippen LogP contribution in [-0.2, 0) is 6.54 Å². The van der Waals surface area contributed by atoms with Gasteiger partial charge >= 0.3 is 0 Å². The van der Waals surface area contributed by atoms with Gasteiger partial charge in [0, 0.05) is 11.9 Å². The minimum Gasteiger partial charge on any atom is -0.327 e. The van der Waals surface area contributed by atoms with E-state index in [4.69, 9.17) is 11.6 Å². The van der Waals surface area contributed by atoms with Gasteiger partial charge in [0.25, 0.3) is 0 Å². The van der Waals surface area contributed by atoms with Gasteiger partial charge < -0.3 is 4.57 Å². The van der Waals surface area contributed by atoms with E-state index in [1.807, 2.05) is 35.8 Å². The van der Waals surface area contributed by atoms with E-state index >= 15 is 0 Å². The molecule has 2 nitrogen and oxygen atoms in total. The van der Waals surface area contributed by atoms with Gasteiger partial charge in [0.05, 0.1) is 11.1 Å². The zero-order valence-corrected chi connectivity index (χ0v) is 12.8. The van der Waals surface area contributed by atoms with Crippen LogP contribution in [0.5, 0.6) is 0 Å². The zero-order valence-electron chi connectivity index (χ0n) is 12.1. The Kier molecular flexibility index (Phi) is 3.56. The third-order valence-corrected chi connectivity index (χ3v) is 4.36. The van der Waals surface area contributed by atoms with Crippen LogP contribution in [0.3, 0.4) is 0 Å². The highest BCUT2D eigenvalue weighted by molar-refractivity contribution is 6.34. The monoisotopic (exact) mass is 297 g/mol. The summed E-state index contributed by atoms with van der Waals surface area (Å²) in [6.07, 6.45) is 0.848. The molecule has 0 radical (unpaired) electrons. The Balaban J connectivity index is 2.24. The molecule has 0 saturated heterocycles. The second kappa shape index (κ2) is 5.38. The number of aldehydes is 1. The predicted octanol–water partition coefficient (Wildman–Crippen LogP) is 4.77. The van der Waals surface area contributed by atoms with Crippen molar-refractivity contribution in [2.45, 2.75) is 20.4 Å². The number of fused-ring (bicyclic) bond motifs is 1. The Labute approximate surface area is 129 Å². The number of halogens is 1. The van der Waals surface area contributed by atoms with Crippen LogP contribution >= 0.6 is 11.6 Å². The molecule has 1 aromatic heterocycles. The van der Waals surface area contributed by atoms with Crippen LogP contribution in [0.1, 0.15) is 27.0 Å². The van der Waals surface area contributed by atoms with Crippen LogP contribution in [0.4, 0.5) is 0 Å². The minimum absolute atomic E-state index is 0.508. The fourth-order valence-corrected chi connectivity index (χ4v) is 2.93. The molecule has 0 bridgehead atoms. The topological polar surface area (TPSA) is 22.0 Å². The smallest absolute Gasteiger partial charge is 0.153 e. The van der Waals surface area contributed by atoms with Crippen molar-refractivity contribution in [2.24, 2.45) is 0 Å². The van der Waals surface area contributed by atoms with Gasteiger partial charge in [-0.2, -0.15) is 0 Å². The van der Waals surface area contributed by atoms with Crippen molar-refractivity contribution in [1.82, 2.24) is 4.57 Å². The molecule has 106 valence electrons. The molecular weight excluding hydrogens is 282 g/mol. The molecule has 0 aliphatic carbocycles. The molecule has 0 N–H and O–H groups in total. The third kappa shape index (κ3) is 2.36. The molecule has 3 rings (SSSR count). The maximum Gasteiger partial charge on any atom is 0.153 e. The summed E-state index contributed by atoms with van der Waals surface area (Å²) in [6, 6.07) is 14.3. The van der Waals surface area contributed by atoms with E-state index in [0.717, 1.165) is 22.8 Å². The Morgan fingerprint density at radius 2 is 1.76 bits per heavy atom. The average molecular weight is 298 g/mol. The Morgan fingerprint density at radius 1 is 1.10 bits per heavy atom. The fraction of sp³-hybridized carbons (Fsp3) is 0.167. The summed E-state index contributed by atoms with van der Waals surface area (Å²) in [4.78, 5) is 11.4. The van der Waals surface area contributed by atoms with Crippen LogP contribution in [-0.4, -0.2) is 10.9 Å². The summed E-state index contributed by atoms with van der Waals surface area (Å²) in [5, 5.41) is 1.43. The number of nitrogens with zero attached hydrogens (tertiary/aromatic N) is 1. The second-order valence-corrected chi connectivity index (χ2v) is 5.71. The number of hydrogen-bond donors (Lipinski definition) is 0. The molecule has 3 heteroatoms. The third-order valence-electron chi connectivity index (χ3n) is 3.95. The van der Waals surface area contributed by atoms with Gasteiger partial charge in [-0.05, 0) is 42.7 Å². The van der Waals surface area contributed by atoms with E-state index in [0.29, 0.717) is 17.3 Å². The van der Waals surface area contributed by atoms with E-state index in [1.54, 1.807) is 0 Å². The van der Waals surface area contributed by atoms with Crippen molar-refractivity contribution in [1.29, 1.82) is 0 Å². The molecule has 21 heavy (non-hydrogen) atoms. The standard InChI is InChI=1S/C18H16ClNO/c1-12-8-15-16(11-21)18(19)20(17(15)9-13(12)2)10-14-6-4-3-5-7-14/h3-9,11H,10H2,1-2H3. The van der Waals surface area contributed by atoms with E-state index in [9.17, 15) is 4.79 Å². The normalized spacial score (nSPS) is 11.0. The molecule has 1 heterocycles. The first-order valence-corrected chi connectivity index (χ1v) is 7.27. The van der Waals surface area contributed by atoms with Crippen molar-refractivity contribution >= 4 is 28.8 Å². The van der Waals surface area contributed by atoms with Gasteiger partial charge in [0.2, 0.25) is 0 Å². The number of aryl methyl sites for hydroxylation is 2. The lowest BCUT2D eigenvalue weighted by Gasteiger charge is -2.08. The van der Waals surface area contributed by atoms with Crippen molar-refractivity contribution in [3.05, 3.63) is 69.9 Å². The number of carbonyl (C=O) groups excluding carboxylic acids is 1. The molecule has 0 atom stereocenters. The Hall–Kier alpha value is -2.06. The second-order valence-electron chi connectivity index (χ2n) is 5.35. The number of carbonyl (C=O) groups is 1. The molecule has 0 unspecified atom stereocenters. The number of hydrogen-bond acceptors (Lipinski definition) is 1. The van der Waals surface area contributed by atoms with E-state index in [1.165, 1.54) is 11.1 Å². The van der Waals surface area contributed by atoms with Gasteiger partial charge in [-0.3, -0.25) is 4.79 Å². The molecule has 0 aliphatic heterocycles. The van der Waals surface area contributed by atoms with Gasteiger partial charge in [-0.1, -0.05) is 41.9 Å². The molecular formula is C18H16ClNO. The lowest BCUT2D eigenvalue weighted by molar-refractivity contribution is 0.112. The average Bonchev–Trinajstić information content (AvgIpc) is 2.73. The van der Waals surface area contributed by atoms with Crippen LogP contribution < -0.4 is 0 Å². The maximum atomic E-state index is 11.4. The molecule has 0 fully saturated rings. The highest BCUT2D eigenvalue weighted by atomic mass is 35.5. The number of benzene rings is 2. The Bertz CT molecular complexity index is 818. The van der Waals surface area contributed by atoms with E-state index in [2.05, 4.69) is 25.1 Å². The van der Waals surface area contributed by atoms with Crippen LogP contribution in [0, 0.1) is 13.8 Å².